The second-order valence-corrected chi connectivity index (χ2v) is 7.03. The van der Waals surface area contributed by atoms with E-state index in [-0.39, 0.29) is 11.3 Å². The van der Waals surface area contributed by atoms with Crippen LogP contribution in [0.15, 0.2) is 6.33 Å². The summed E-state index contributed by atoms with van der Waals surface area (Å²) in [6.45, 7) is 8.78. The molecule has 0 aromatic carbocycles. The van der Waals surface area contributed by atoms with Crippen LogP contribution in [0.3, 0.4) is 0 Å². The van der Waals surface area contributed by atoms with E-state index in [1.54, 1.807) is 6.33 Å². The molecule has 0 N–H and O–H groups in total. The third-order valence-corrected chi connectivity index (χ3v) is 4.24. The molecule has 0 aliphatic carbocycles. The minimum Gasteiger partial charge on any atom is -0.342 e. The van der Waals surface area contributed by atoms with E-state index in [1.807, 2.05) is 44.3 Å². The Morgan fingerprint density at radius 3 is 2.48 bits per heavy atom. The predicted octanol–water partition coefficient (Wildman–Crippen LogP) is 1.28. The highest BCUT2D eigenvalue weighted by Gasteiger charge is 2.31. The highest BCUT2D eigenvalue weighted by atomic mass is 16.2. The van der Waals surface area contributed by atoms with E-state index in [1.165, 1.54) is 0 Å². The average Bonchev–Trinajstić information content (AvgIpc) is 2.82. The van der Waals surface area contributed by atoms with E-state index in [0.29, 0.717) is 6.04 Å². The first kappa shape index (κ1) is 15.9. The van der Waals surface area contributed by atoms with E-state index >= 15 is 0 Å². The Morgan fingerprint density at radius 2 is 2.00 bits per heavy atom. The SMILES string of the molecule is CN(C(=O)C(C)(C)C)C1CCN(Cc2nncn2C)CC1. The van der Waals surface area contributed by atoms with E-state index in [9.17, 15) is 4.79 Å². The van der Waals surface area contributed by atoms with Crippen LogP contribution in [0.5, 0.6) is 0 Å². The molecule has 6 nitrogen and oxygen atoms in total. The van der Waals surface area contributed by atoms with Gasteiger partial charge in [-0.3, -0.25) is 9.69 Å². The number of carbonyl (C=O) groups is 1. The van der Waals surface area contributed by atoms with Crippen LogP contribution in [-0.2, 0) is 18.4 Å². The van der Waals surface area contributed by atoms with Crippen LogP contribution in [0.2, 0.25) is 0 Å². The van der Waals surface area contributed by atoms with Gasteiger partial charge in [-0.05, 0) is 12.8 Å². The van der Waals surface area contributed by atoms with Gasteiger partial charge in [0.05, 0.1) is 6.54 Å². The van der Waals surface area contributed by atoms with Crippen molar-refractivity contribution >= 4 is 5.91 Å². The molecule has 0 saturated carbocycles. The number of piperidine rings is 1. The Balaban J connectivity index is 1.86. The monoisotopic (exact) mass is 293 g/mol. The van der Waals surface area contributed by atoms with Gasteiger partial charge in [0.1, 0.15) is 12.2 Å². The molecule has 0 spiro atoms. The normalized spacial score (nSPS) is 18.0. The van der Waals surface area contributed by atoms with Crippen molar-refractivity contribution in [2.45, 2.75) is 46.2 Å². The summed E-state index contributed by atoms with van der Waals surface area (Å²) in [5.41, 5.74) is -0.301. The quantitative estimate of drug-likeness (QED) is 0.842. The summed E-state index contributed by atoms with van der Waals surface area (Å²) >= 11 is 0. The number of nitrogens with zero attached hydrogens (tertiary/aromatic N) is 5. The van der Waals surface area contributed by atoms with Gasteiger partial charge in [0, 0.05) is 38.6 Å². The second kappa shape index (κ2) is 6.13. The maximum Gasteiger partial charge on any atom is 0.227 e. The van der Waals surface area contributed by atoms with Gasteiger partial charge in [-0.25, -0.2) is 0 Å². The van der Waals surface area contributed by atoms with Crippen molar-refractivity contribution < 1.29 is 4.79 Å². The summed E-state index contributed by atoms with van der Waals surface area (Å²) in [4.78, 5) is 16.7. The summed E-state index contributed by atoms with van der Waals surface area (Å²) in [6, 6.07) is 0.354. The fourth-order valence-electron chi connectivity index (χ4n) is 2.81. The maximum absolute atomic E-state index is 12.3. The highest BCUT2D eigenvalue weighted by molar-refractivity contribution is 5.81. The van der Waals surface area contributed by atoms with Crippen LogP contribution >= 0.6 is 0 Å². The minimum atomic E-state index is -0.301. The molecule has 1 aliphatic rings. The van der Waals surface area contributed by atoms with E-state index in [2.05, 4.69) is 15.1 Å². The zero-order chi connectivity index (χ0) is 15.6. The first-order valence-electron chi connectivity index (χ1n) is 7.61. The van der Waals surface area contributed by atoms with Crippen molar-refractivity contribution in [2.75, 3.05) is 20.1 Å². The Bertz CT molecular complexity index is 482. The number of rotatable bonds is 3. The third-order valence-electron chi connectivity index (χ3n) is 4.24. The van der Waals surface area contributed by atoms with Gasteiger partial charge in [-0.15, -0.1) is 10.2 Å². The van der Waals surface area contributed by atoms with Crippen molar-refractivity contribution in [2.24, 2.45) is 12.5 Å². The van der Waals surface area contributed by atoms with Crippen LogP contribution in [0, 0.1) is 5.41 Å². The van der Waals surface area contributed by atoms with E-state index in [0.717, 1.165) is 38.3 Å². The molecule has 118 valence electrons. The Kier molecular flexibility index (Phi) is 4.66. The lowest BCUT2D eigenvalue weighted by atomic mass is 9.92. The zero-order valence-electron chi connectivity index (χ0n) is 13.8. The molecule has 2 rings (SSSR count). The second-order valence-electron chi connectivity index (χ2n) is 7.03. The van der Waals surface area contributed by atoms with E-state index < -0.39 is 0 Å². The lowest BCUT2D eigenvalue weighted by Crippen LogP contribution is -2.48. The van der Waals surface area contributed by atoms with Crippen molar-refractivity contribution in [3.05, 3.63) is 12.2 Å². The third kappa shape index (κ3) is 3.81. The molecular formula is C15H27N5O. The molecule has 21 heavy (non-hydrogen) atoms. The first-order chi connectivity index (χ1) is 9.79. The summed E-state index contributed by atoms with van der Waals surface area (Å²) < 4.78 is 1.96. The van der Waals surface area contributed by atoms with Crippen LogP contribution < -0.4 is 0 Å². The van der Waals surface area contributed by atoms with Gasteiger partial charge in [0.25, 0.3) is 0 Å². The summed E-state index contributed by atoms with van der Waals surface area (Å²) in [5, 5.41) is 8.05. The lowest BCUT2D eigenvalue weighted by molar-refractivity contribution is -0.141. The van der Waals surface area contributed by atoms with Crippen LogP contribution in [0.4, 0.5) is 0 Å². The fraction of sp³-hybridized carbons (Fsp3) is 0.800. The molecule has 1 fully saturated rings. The molecule has 1 aromatic heterocycles. The van der Waals surface area contributed by atoms with Crippen LogP contribution in [0.1, 0.15) is 39.4 Å². The molecule has 0 unspecified atom stereocenters. The number of hydrogen-bond donors (Lipinski definition) is 0. The van der Waals surface area contributed by atoms with Crippen molar-refractivity contribution in [1.82, 2.24) is 24.6 Å². The van der Waals surface area contributed by atoms with Crippen LogP contribution in [-0.4, -0.2) is 56.7 Å². The molecule has 0 atom stereocenters. The van der Waals surface area contributed by atoms with Gasteiger partial charge in [0.15, 0.2) is 0 Å². The van der Waals surface area contributed by atoms with Crippen molar-refractivity contribution in [3.63, 3.8) is 0 Å². The first-order valence-corrected chi connectivity index (χ1v) is 7.61. The van der Waals surface area contributed by atoms with Crippen molar-refractivity contribution in [3.8, 4) is 0 Å². The molecule has 2 heterocycles. The number of amides is 1. The summed E-state index contributed by atoms with van der Waals surface area (Å²) in [7, 11) is 3.91. The molecule has 1 aliphatic heterocycles. The molecule has 1 saturated heterocycles. The predicted molar refractivity (Wildman–Crippen MR) is 81.5 cm³/mol. The van der Waals surface area contributed by atoms with Gasteiger partial charge in [-0.1, -0.05) is 20.8 Å². The molecule has 1 amide bonds. The number of likely N-dealkylation sites (tertiary alicyclic amines) is 1. The van der Waals surface area contributed by atoms with Gasteiger partial charge >= 0.3 is 0 Å². The maximum atomic E-state index is 12.3. The lowest BCUT2D eigenvalue weighted by Gasteiger charge is -2.38. The number of aryl methyl sites for hydroxylation is 1. The highest BCUT2D eigenvalue weighted by Crippen LogP contribution is 2.23. The molecule has 1 aromatic rings. The molecule has 6 heteroatoms. The van der Waals surface area contributed by atoms with Crippen molar-refractivity contribution in [1.29, 1.82) is 0 Å². The van der Waals surface area contributed by atoms with E-state index in [4.69, 9.17) is 0 Å². The number of hydrogen-bond acceptors (Lipinski definition) is 4. The molecule has 0 bridgehead atoms. The average molecular weight is 293 g/mol. The standard InChI is InChI=1S/C15H27N5O/c1-15(2,3)14(21)19(5)12-6-8-20(9-7-12)10-13-17-16-11-18(13)4/h11-12H,6-10H2,1-5H3. The van der Waals surface area contributed by atoms with Gasteiger partial charge in [0.2, 0.25) is 5.91 Å². The largest absolute Gasteiger partial charge is 0.342 e. The molecular weight excluding hydrogens is 266 g/mol. The number of aromatic nitrogens is 3. The topological polar surface area (TPSA) is 54.3 Å². The van der Waals surface area contributed by atoms with Gasteiger partial charge in [-0.2, -0.15) is 0 Å². The minimum absolute atomic E-state index is 0.231. The Hall–Kier alpha value is -1.43. The smallest absolute Gasteiger partial charge is 0.227 e. The summed E-state index contributed by atoms with van der Waals surface area (Å²) in [5.74, 6) is 1.22. The Morgan fingerprint density at radius 1 is 1.38 bits per heavy atom. The molecule has 0 radical (unpaired) electrons. The fourth-order valence-corrected chi connectivity index (χ4v) is 2.81. The van der Waals surface area contributed by atoms with Gasteiger partial charge < -0.3 is 9.47 Å². The zero-order valence-corrected chi connectivity index (χ0v) is 13.8. The number of carbonyl (C=O) groups excluding carboxylic acids is 1. The summed E-state index contributed by atoms with van der Waals surface area (Å²) in [6.07, 6.45) is 3.78. The van der Waals surface area contributed by atoms with Crippen LogP contribution in [0.25, 0.3) is 0 Å². The Labute approximate surface area is 127 Å².